The number of hydrogen-bond acceptors (Lipinski definition) is 6. The Bertz CT molecular complexity index is 1480. The summed E-state index contributed by atoms with van der Waals surface area (Å²) in [5.74, 6) is 0.140. The van der Waals surface area contributed by atoms with Gasteiger partial charge in [-0.2, -0.15) is 4.31 Å². The van der Waals surface area contributed by atoms with Gasteiger partial charge in [-0.05, 0) is 55.3 Å². The molecule has 1 fully saturated rings. The van der Waals surface area contributed by atoms with Crippen LogP contribution in [-0.2, 0) is 21.2 Å². The van der Waals surface area contributed by atoms with Crippen LogP contribution in [0.5, 0.6) is 0 Å². The molecule has 2 aliphatic rings. The molecule has 2 N–H and O–H groups in total. The highest BCUT2D eigenvalue weighted by Gasteiger charge is 2.33. The van der Waals surface area contributed by atoms with Gasteiger partial charge < -0.3 is 15.5 Å². The summed E-state index contributed by atoms with van der Waals surface area (Å²) in [6.45, 7) is 7.44. The number of hydrogen-bond donors (Lipinski definition) is 2. The van der Waals surface area contributed by atoms with E-state index in [1.165, 1.54) is 4.31 Å². The number of halogens is 1. The molecule has 0 saturated heterocycles. The van der Waals surface area contributed by atoms with Crippen molar-refractivity contribution in [2.45, 2.75) is 43.0 Å². The first-order chi connectivity index (χ1) is 17.8. The van der Waals surface area contributed by atoms with E-state index in [2.05, 4.69) is 25.4 Å². The summed E-state index contributed by atoms with van der Waals surface area (Å²) in [6.07, 6.45) is 5.40. The topological polar surface area (TPSA) is 109 Å². The average molecular weight is 537 g/mol. The molecule has 190 valence electrons. The molecule has 1 aliphatic carbocycles. The highest BCUT2D eigenvalue weighted by Crippen LogP contribution is 2.35. The molecule has 1 amide bonds. The second kappa shape index (κ2) is 10.5. The number of carbonyl (C=O) groups is 1. The molecule has 1 saturated carbocycles. The first kappa shape index (κ1) is 25.1. The number of rotatable bonds is 7. The minimum atomic E-state index is -3.72. The Balaban J connectivity index is 1.39. The van der Waals surface area contributed by atoms with Crippen LogP contribution < -0.4 is 10.6 Å². The molecule has 3 aromatic rings. The zero-order valence-electron chi connectivity index (χ0n) is 19.9. The van der Waals surface area contributed by atoms with E-state index in [1.54, 1.807) is 42.6 Å². The van der Waals surface area contributed by atoms with Crippen molar-refractivity contribution in [2.24, 2.45) is 0 Å². The number of fused-ring (bicyclic) bond motifs is 3. The smallest absolute Gasteiger partial charge is 0.243 e. The molecule has 5 rings (SSSR count). The Kier molecular flexibility index (Phi) is 7.11. The van der Waals surface area contributed by atoms with Gasteiger partial charge in [0.05, 0.1) is 29.2 Å². The monoisotopic (exact) mass is 536 g/mol. The van der Waals surface area contributed by atoms with E-state index in [0.29, 0.717) is 33.6 Å². The van der Waals surface area contributed by atoms with Gasteiger partial charge in [0, 0.05) is 34.1 Å². The summed E-state index contributed by atoms with van der Waals surface area (Å²) in [4.78, 5) is 24.9. The van der Waals surface area contributed by atoms with E-state index in [0.717, 1.165) is 31.2 Å². The Morgan fingerprint density at radius 2 is 1.92 bits per heavy atom. The van der Waals surface area contributed by atoms with Gasteiger partial charge in [0.25, 0.3) is 0 Å². The van der Waals surface area contributed by atoms with E-state index in [4.69, 9.17) is 18.2 Å². The van der Waals surface area contributed by atoms with E-state index < -0.39 is 10.0 Å². The Morgan fingerprint density at radius 1 is 1.16 bits per heavy atom. The summed E-state index contributed by atoms with van der Waals surface area (Å²) < 4.78 is 28.3. The van der Waals surface area contributed by atoms with Gasteiger partial charge in [0.2, 0.25) is 28.4 Å². The first-order valence-electron chi connectivity index (χ1n) is 12.0. The van der Waals surface area contributed by atoms with Gasteiger partial charge in [-0.25, -0.2) is 25.0 Å². The van der Waals surface area contributed by atoms with Gasteiger partial charge in [-0.1, -0.05) is 24.4 Å². The van der Waals surface area contributed by atoms with Gasteiger partial charge in [0.15, 0.2) is 0 Å². The molecule has 1 aliphatic heterocycles. The SMILES string of the molecule is [C-]#[N+]CCN(C1CCCC1)S(=O)(=O)c1ccc(Nc2ncc3c(n2)-c2ccc(Cl)cc2NC(=O)C3)cc1. The molecule has 0 radical (unpaired) electrons. The number of amides is 1. The van der Waals surface area contributed by atoms with Crippen molar-refractivity contribution in [1.29, 1.82) is 0 Å². The molecule has 11 heteroatoms. The lowest BCUT2D eigenvalue weighted by Gasteiger charge is -2.26. The number of benzene rings is 2. The maximum atomic E-state index is 13.4. The van der Waals surface area contributed by atoms with Crippen molar-refractivity contribution in [3.63, 3.8) is 0 Å². The second-order valence-corrected chi connectivity index (χ2v) is 11.4. The summed E-state index contributed by atoms with van der Waals surface area (Å²) in [7, 11) is -3.72. The lowest BCUT2D eigenvalue weighted by molar-refractivity contribution is -0.115. The fourth-order valence-electron chi connectivity index (χ4n) is 4.84. The third kappa shape index (κ3) is 5.30. The normalized spacial score (nSPS) is 15.4. The number of anilines is 3. The van der Waals surface area contributed by atoms with Crippen LogP contribution in [0.3, 0.4) is 0 Å². The average Bonchev–Trinajstić information content (AvgIpc) is 3.36. The summed E-state index contributed by atoms with van der Waals surface area (Å²) in [5, 5.41) is 6.48. The fraction of sp³-hybridized carbons (Fsp3) is 0.308. The van der Waals surface area contributed by atoms with E-state index in [9.17, 15) is 13.2 Å². The van der Waals surface area contributed by atoms with Crippen LogP contribution in [0.25, 0.3) is 16.1 Å². The predicted octanol–water partition coefficient (Wildman–Crippen LogP) is 4.89. The van der Waals surface area contributed by atoms with Crippen molar-refractivity contribution in [3.05, 3.63) is 70.7 Å². The second-order valence-electron chi connectivity index (χ2n) is 9.07. The minimum Gasteiger partial charge on any atom is -0.325 e. The zero-order chi connectivity index (χ0) is 26.0. The van der Waals surface area contributed by atoms with E-state index in [-0.39, 0.29) is 36.4 Å². The van der Waals surface area contributed by atoms with Crippen LogP contribution in [0.1, 0.15) is 31.2 Å². The summed E-state index contributed by atoms with van der Waals surface area (Å²) in [5.41, 5.74) is 3.25. The highest BCUT2D eigenvalue weighted by molar-refractivity contribution is 7.89. The fourth-order valence-corrected chi connectivity index (χ4v) is 6.69. The molecular formula is C26H25ClN6O3S. The standard InChI is InChI=1S/C26H25ClN6O3S/c1-28-12-13-33(20-4-2-3-5-20)37(35,36)21-9-7-19(8-10-21)30-26-29-16-17-14-24(34)31-23-15-18(27)6-11-22(23)25(17)32-26/h6-11,15-16,20H,2-5,12-14H2,(H,31,34)(H,29,30,32). The highest BCUT2D eigenvalue weighted by atomic mass is 35.5. The van der Waals surface area contributed by atoms with Crippen molar-refractivity contribution >= 4 is 44.9 Å². The summed E-state index contributed by atoms with van der Waals surface area (Å²) >= 11 is 6.11. The van der Waals surface area contributed by atoms with Crippen molar-refractivity contribution in [2.75, 3.05) is 23.7 Å². The zero-order valence-corrected chi connectivity index (χ0v) is 21.5. The molecule has 0 spiro atoms. The molecule has 2 heterocycles. The molecule has 0 atom stereocenters. The number of nitrogens with zero attached hydrogens (tertiary/aromatic N) is 4. The molecule has 2 aromatic carbocycles. The maximum Gasteiger partial charge on any atom is 0.243 e. The Hall–Kier alpha value is -3.52. The molecular weight excluding hydrogens is 512 g/mol. The van der Waals surface area contributed by atoms with Gasteiger partial charge >= 0.3 is 0 Å². The molecule has 0 unspecified atom stereocenters. The number of sulfonamides is 1. The van der Waals surface area contributed by atoms with Crippen LogP contribution >= 0.6 is 11.6 Å². The lowest BCUT2D eigenvalue weighted by atomic mass is 10.1. The minimum absolute atomic E-state index is 0.0586. The van der Waals surface area contributed by atoms with Crippen molar-refractivity contribution in [1.82, 2.24) is 14.3 Å². The molecule has 9 nitrogen and oxygen atoms in total. The number of carbonyl (C=O) groups excluding carboxylic acids is 1. The van der Waals surface area contributed by atoms with Crippen LogP contribution in [-0.4, -0.2) is 47.7 Å². The number of aromatic nitrogens is 2. The Labute approximate surface area is 220 Å². The third-order valence-corrected chi connectivity index (χ3v) is 8.81. The molecule has 1 aromatic heterocycles. The lowest BCUT2D eigenvalue weighted by Crippen LogP contribution is -2.40. The largest absolute Gasteiger partial charge is 0.325 e. The molecule has 0 bridgehead atoms. The van der Waals surface area contributed by atoms with Gasteiger partial charge in [-0.3, -0.25) is 4.79 Å². The maximum absolute atomic E-state index is 13.4. The van der Waals surface area contributed by atoms with Crippen molar-refractivity contribution < 1.29 is 13.2 Å². The molecule has 37 heavy (non-hydrogen) atoms. The van der Waals surface area contributed by atoms with Crippen molar-refractivity contribution in [3.8, 4) is 11.3 Å². The van der Waals surface area contributed by atoms with Crippen LogP contribution in [0, 0.1) is 6.57 Å². The van der Waals surface area contributed by atoms with E-state index >= 15 is 0 Å². The van der Waals surface area contributed by atoms with Crippen LogP contribution in [0.2, 0.25) is 5.02 Å². The van der Waals surface area contributed by atoms with Gasteiger partial charge in [-0.15, -0.1) is 0 Å². The summed E-state index contributed by atoms with van der Waals surface area (Å²) in [6, 6.07) is 11.6. The van der Waals surface area contributed by atoms with E-state index in [1.807, 2.05) is 6.07 Å². The number of nitrogens with one attached hydrogen (secondary N) is 2. The van der Waals surface area contributed by atoms with Crippen LogP contribution in [0.4, 0.5) is 17.3 Å². The van der Waals surface area contributed by atoms with Crippen LogP contribution in [0.15, 0.2) is 53.6 Å². The Morgan fingerprint density at radius 3 is 2.65 bits per heavy atom. The quantitative estimate of drug-likeness (QED) is 0.416. The van der Waals surface area contributed by atoms with Gasteiger partial charge in [0.1, 0.15) is 0 Å². The predicted molar refractivity (Wildman–Crippen MR) is 142 cm³/mol. The third-order valence-electron chi connectivity index (χ3n) is 6.61. The first-order valence-corrected chi connectivity index (χ1v) is 13.8.